The van der Waals surface area contributed by atoms with E-state index in [1.165, 1.54) is 57.1 Å². The second-order valence-electron chi connectivity index (χ2n) is 9.55. The number of thiol groups is 1. The van der Waals surface area contributed by atoms with Crippen molar-refractivity contribution in [3.63, 3.8) is 0 Å². The molecule has 0 aromatic heterocycles. The molecule has 0 atom stereocenters. The van der Waals surface area contributed by atoms with Crippen molar-refractivity contribution in [1.82, 2.24) is 4.90 Å². The third kappa shape index (κ3) is 6.84. The van der Waals surface area contributed by atoms with E-state index in [4.69, 9.17) is 5.11 Å². The van der Waals surface area contributed by atoms with Gasteiger partial charge in [0, 0.05) is 35.1 Å². The molecule has 0 bridgehead atoms. The monoisotopic (exact) mass is 500 g/mol. The molecule has 34 heavy (non-hydrogen) atoms. The Kier molecular flexibility index (Phi) is 8.69. The molecule has 1 saturated carbocycles. The van der Waals surface area contributed by atoms with E-state index in [-0.39, 0.29) is 12.5 Å². The number of benzene rings is 2. The van der Waals surface area contributed by atoms with Gasteiger partial charge in [0.05, 0.1) is 17.9 Å². The lowest BCUT2D eigenvalue weighted by molar-refractivity contribution is 0.102. The van der Waals surface area contributed by atoms with Crippen molar-refractivity contribution in [3.05, 3.63) is 48.0 Å². The van der Waals surface area contributed by atoms with E-state index in [1.54, 1.807) is 0 Å². The minimum absolute atomic E-state index is 0.111. The molecule has 184 valence electrons. The van der Waals surface area contributed by atoms with Crippen LogP contribution in [0.1, 0.15) is 42.5 Å². The maximum atomic E-state index is 13.1. The Labute approximate surface area is 213 Å². The van der Waals surface area contributed by atoms with Gasteiger partial charge in [-0.25, -0.2) is 0 Å². The highest BCUT2D eigenvalue weighted by molar-refractivity contribution is 8.00. The lowest BCUT2D eigenvalue weighted by Crippen LogP contribution is -2.35. The standard InChI is InChI=1S/C22H27N3O2S2.C4H9N/c26-12-13-29-24-17-4-5-19(21(27)23-16-2-1-3-18(28)14-16)20(15-17)25-10-8-22(6-7-22)9-11-25;1-5-3-2-4-5/h1-5,14-15,24,26,28H,6-13H2,(H,23,27);2-4H2,1H3. The first-order valence-corrected chi connectivity index (χ1v) is 13.6. The van der Waals surface area contributed by atoms with Crippen molar-refractivity contribution >= 4 is 47.5 Å². The Morgan fingerprint density at radius 1 is 1.06 bits per heavy atom. The fourth-order valence-electron chi connectivity index (χ4n) is 4.38. The van der Waals surface area contributed by atoms with Gasteiger partial charge in [0.2, 0.25) is 0 Å². The first-order chi connectivity index (χ1) is 16.5. The average molecular weight is 501 g/mol. The highest BCUT2D eigenvalue weighted by atomic mass is 32.2. The molecule has 1 aliphatic carbocycles. The van der Waals surface area contributed by atoms with Crippen LogP contribution >= 0.6 is 24.6 Å². The molecule has 3 N–H and O–H groups in total. The molecule has 1 amide bonds. The molecule has 2 saturated heterocycles. The SMILES string of the molecule is CN1CCC1.O=C(Nc1cccc(S)c1)c1ccc(NSCCO)cc1N1CCC2(CC1)CC2. The fourth-order valence-corrected chi connectivity index (χ4v) is 5.10. The fraction of sp³-hybridized carbons (Fsp3) is 0.500. The van der Waals surface area contributed by atoms with E-state index >= 15 is 0 Å². The summed E-state index contributed by atoms with van der Waals surface area (Å²) in [6.07, 6.45) is 6.52. The van der Waals surface area contributed by atoms with Crippen molar-refractivity contribution < 1.29 is 9.90 Å². The smallest absolute Gasteiger partial charge is 0.257 e. The van der Waals surface area contributed by atoms with Crippen molar-refractivity contribution in [2.45, 2.75) is 37.0 Å². The third-order valence-corrected chi connectivity index (χ3v) is 7.98. The Bertz CT molecular complexity index is 969. The largest absolute Gasteiger partial charge is 0.395 e. The van der Waals surface area contributed by atoms with Crippen LogP contribution in [-0.4, -0.2) is 61.5 Å². The Hall–Kier alpha value is -1.87. The number of nitrogens with zero attached hydrogens (tertiary/aromatic N) is 2. The highest BCUT2D eigenvalue weighted by Crippen LogP contribution is 2.54. The number of carbonyl (C=O) groups excluding carboxylic acids is 1. The zero-order chi connectivity index (χ0) is 24.0. The van der Waals surface area contributed by atoms with Crippen LogP contribution in [-0.2, 0) is 0 Å². The van der Waals surface area contributed by atoms with Crippen LogP contribution in [0.15, 0.2) is 47.4 Å². The zero-order valence-corrected chi connectivity index (χ0v) is 21.6. The van der Waals surface area contributed by atoms with Crippen molar-refractivity contribution in [2.75, 3.05) is 60.5 Å². The summed E-state index contributed by atoms with van der Waals surface area (Å²) >= 11 is 5.82. The van der Waals surface area contributed by atoms with E-state index in [9.17, 15) is 4.79 Å². The number of likely N-dealkylation sites (tertiary alicyclic amines) is 1. The van der Waals surface area contributed by atoms with Gasteiger partial charge in [0.15, 0.2) is 0 Å². The number of aliphatic hydroxyl groups excluding tert-OH is 1. The number of aliphatic hydroxyl groups is 1. The van der Waals surface area contributed by atoms with Gasteiger partial charge in [-0.15, -0.1) is 12.6 Å². The number of rotatable bonds is 7. The third-order valence-electron chi connectivity index (χ3n) is 6.93. The molecule has 2 aromatic rings. The number of nitrogens with one attached hydrogen (secondary N) is 2. The Morgan fingerprint density at radius 2 is 1.79 bits per heavy atom. The quantitative estimate of drug-likeness (QED) is 0.244. The minimum atomic E-state index is -0.111. The lowest BCUT2D eigenvalue weighted by Gasteiger charge is -2.35. The number of piperidine rings is 1. The summed E-state index contributed by atoms with van der Waals surface area (Å²) in [6, 6.07) is 13.3. The normalized spacial score (nSPS) is 18.5. The van der Waals surface area contributed by atoms with Crippen LogP contribution in [0.25, 0.3) is 0 Å². The number of hydrogen-bond donors (Lipinski definition) is 4. The summed E-state index contributed by atoms with van der Waals surface area (Å²) in [5.74, 6) is 0.504. The molecular formula is C26H36N4O2S2. The molecule has 1 spiro atoms. The summed E-state index contributed by atoms with van der Waals surface area (Å²) in [4.78, 5) is 18.5. The van der Waals surface area contributed by atoms with Crippen LogP contribution < -0.4 is 14.9 Å². The molecule has 5 rings (SSSR count). The van der Waals surface area contributed by atoms with E-state index in [0.29, 0.717) is 16.7 Å². The van der Waals surface area contributed by atoms with Gasteiger partial charge in [-0.05, 0) is 94.1 Å². The van der Waals surface area contributed by atoms with Gasteiger partial charge in [0.1, 0.15) is 0 Å². The second kappa shape index (κ2) is 11.7. The predicted octanol–water partition coefficient (Wildman–Crippen LogP) is 4.98. The van der Waals surface area contributed by atoms with Crippen molar-refractivity contribution in [1.29, 1.82) is 0 Å². The van der Waals surface area contributed by atoms with Gasteiger partial charge in [0.25, 0.3) is 5.91 Å². The molecule has 0 radical (unpaired) electrons. The van der Waals surface area contributed by atoms with E-state index in [0.717, 1.165) is 35.0 Å². The molecule has 8 heteroatoms. The van der Waals surface area contributed by atoms with E-state index in [1.807, 2.05) is 36.4 Å². The molecular weight excluding hydrogens is 464 g/mol. The van der Waals surface area contributed by atoms with E-state index in [2.05, 4.69) is 45.6 Å². The van der Waals surface area contributed by atoms with Crippen molar-refractivity contribution in [3.8, 4) is 0 Å². The Morgan fingerprint density at radius 3 is 2.38 bits per heavy atom. The average Bonchev–Trinajstić information content (AvgIpc) is 3.57. The van der Waals surface area contributed by atoms with Gasteiger partial charge in [-0.3, -0.25) is 4.79 Å². The molecule has 6 nitrogen and oxygen atoms in total. The molecule has 0 unspecified atom stereocenters. The van der Waals surface area contributed by atoms with Crippen LogP contribution in [0.3, 0.4) is 0 Å². The number of anilines is 3. The van der Waals surface area contributed by atoms with E-state index < -0.39 is 0 Å². The molecule has 2 aromatic carbocycles. The van der Waals surface area contributed by atoms with Gasteiger partial charge in [-0.2, -0.15) is 0 Å². The zero-order valence-electron chi connectivity index (χ0n) is 19.9. The summed E-state index contributed by atoms with van der Waals surface area (Å²) in [5, 5.41) is 12.0. The molecule has 3 fully saturated rings. The summed E-state index contributed by atoms with van der Waals surface area (Å²) in [6.45, 7) is 4.74. The van der Waals surface area contributed by atoms with Crippen LogP contribution in [0.5, 0.6) is 0 Å². The van der Waals surface area contributed by atoms with Gasteiger partial charge in [-0.1, -0.05) is 18.0 Å². The van der Waals surface area contributed by atoms with Crippen LogP contribution in [0.4, 0.5) is 17.1 Å². The predicted molar refractivity (Wildman–Crippen MR) is 146 cm³/mol. The maximum absolute atomic E-state index is 13.1. The first kappa shape index (κ1) is 25.2. The molecule has 3 aliphatic rings. The minimum Gasteiger partial charge on any atom is -0.395 e. The maximum Gasteiger partial charge on any atom is 0.257 e. The van der Waals surface area contributed by atoms with Crippen LogP contribution in [0, 0.1) is 5.41 Å². The Balaban J connectivity index is 0.000000486. The number of amides is 1. The number of carbonyl (C=O) groups is 1. The topological polar surface area (TPSA) is 67.8 Å². The lowest BCUT2D eigenvalue weighted by atomic mass is 9.93. The molecule has 2 heterocycles. The first-order valence-electron chi connectivity index (χ1n) is 12.1. The van der Waals surface area contributed by atoms with Crippen molar-refractivity contribution in [2.24, 2.45) is 5.41 Å². The second-order valence-corrected chi connectivity index (χ2v) is 11.0. The van der Waals surface area contributed by atoms with Gasteiger partial charge >= 0.3 is 0 Å². The van der Waals surface area contributed by atoms with Gasteiger partial charge < -0.3 is 24.9 Å². The summed E-state index contributed by atoms with van der Waals surface area (Å²) < 4.78 is 3.27. The van der Waals surface area contributed by atoms with Crippen LogP contribution in [0.2, 0.25) is 0 Å². The summed E-state index contributed by atoms with van der Waals surface area (Å²) in [7, 11) is 2.14. The molecule has 2 aliphatic heterocycles. The highest BCUT2D eigenvalue weighted by Gasteiger charge is 2.44. The number of hydrogen-bond acceptors (Lipinski definition) is 7. The summed E-state index contributed by atoms with van der Waals surface area (Å²) in [5.41, 5.74) is 3.91.